The first kappa shape index (κ1) is 11.0. The second-order valence-corrected chi connectivity index (χ2v) is 4.48. The van der Waals surface area contributed by atoms with Crippen LogP contribution in [0.3, 0.4) is 0 Å². The van der Waals surface area contributed by atoms with Crippen molar-refractivity contribution in [3.63, 3.8) is 0 Å². The summed E-state index contributed by atoms with van der Waals surface area (Å²) in [5.41, 5.74) is 7.17. The lowest BCUT2D eigenvalue weighted by Gasteiger charge is -2.27. The zero-order chi connectivity index (χ0) is 10.8. The summed E-state index contributed by atoms with van der Waals surface area (Å²) in [6, 6.07) is 3.80. The number of aromatic nitrogens is 1. The van der Waals surface area contributed by atoms with E-state index in [0.29, 0.717) is 5.88 Å². The molecule has 0 fully saturated rings. The van der Waals surface area contributed by atoms with Gasteiger partial charge < -0.3 is 10.5 Å². The number of ether oxygens (including phenoxy) is 1. The minimum Gasteiger partial charge on any atom is -0.481 e. The quantitative estimate of drug-likeness (QED) is 0.784. The average molecular weight is 194 g/mol. The number of methoxy groups -OCH3 is 1. The van der Waals surface area contributed by atoms with Crippen LogP contribution in [0.4, 0.5) is 0 Å². The maximum Gasteiger partial charge on any atom is 0.212 e. The molecule has 0 unspecified atom stereocenters. The van der Waals surface area contributed by atoms with Crippen LogP contribution in [-0.2, 0) is 0 Å². The number of pyridine rings is 1. The van der Waals surface area contributed by atoms with Gasteiger partial charge in [-0.15, -0.1) is 0 Å². The van der Waals surface area contributed by atoms with E-state index in [-0.39, 0.29) is 11.5 Å². The number of hydrogen-bond donors (Lipinski definition) is 1. The third-order valence-corrected chi connectivity index (χ3v) is 2.26. The highest BCUT2D eigenvalue weighted by Gasteiger charge is 2.22. The second-order valence-electron chi connectivity index (χ2n) is 4.48. The van der Waals surface area contributed by atoms with E-state index in [2.05, 4.69) is 25.8 Å². The summed E-state index contributed by atoms with van der Waals surface area (Å²) in [4.78, 5) is 4.13. The Kier molecular flexibility index (Phi) is 3.11. The van der Waals surface area contributed by atoms with Crippen molar-refractivity contribution < 1.29 is 4.74 Å². The molecule has 3 heteroatoms. The number of hydrogen-bond acceptors (Lipinski definition) is 3. The molecule has 0 bridgehead atoms. The van der Waals surface area contributed by atoms with Crippen LogP contribution in [0, 0.1) is 5.41 Å². The van der Waals surface area contributed by atoms with Gasteiger partial charge in [0.15, 0.2) is 0 Å². The van der Waals surface area contributed by atoms with Crippen LogP contribution >= 0.6 is 0 Å². The highest BCUT2D eigenvalue weighted by atomic mass is 16.5. The van der Waals surface area contributed by atoms with Gasteiger partial charge in [0, 0.05) is 18.3 Å². The van der Waals surface area contributed by atoms with Crippen LogP contribution in [-0.4, -0.2) is 12.1 Å². The van der Waals surface area contributed by atoms with Gasteiger partial charge in [0.1, 0.15) is 0 Å². The summed E-state index contributed by atoms with van der Waals surface area (Å²) in [5.74, 6) is 0.620. The van der Waals surface area contributed by atoms with Crippen LogP contribution in [0.5, 0.6) is 5.88 Å². The molecule has 0 aliphatic heterocycles. The van der Waals surface area contributed by atoms with E-state index in [1.165, 1.54) is 0 Å². The van der Waals surface area contributed by atoms with E-state index in [9.17, 15) is 0 Å². The van der Waals surface area contributed by atoms with E-state index >= 15 is 0 Å². The molecule has 1 rings (SSSR count). The fourth-order valence-corrected chi connectivity index (χ4v) is 1.20. The fourth-order valence-electron chi connectivity index (χ4n) is 1.20. The van der Waals surface area contributed by atoms with E-state index in [4.69, 9.17) is 10.5 Å². The van der Waals surface area contributed by atoms with Gasteiger partial charge in [0.05, 0.1) is 7.11 Å². The minimum absolute atomic E-state index is 0.000839. The first-order chi connectivity index (χ1) is 6.45. The molecule has 0 saturated heterocycles. The Morgan fingerprint density at radius 3 is 2.36 bits per heavy atom. The van der Waals surface area contributed by atoms with Gasteiger partial charge in [-0.3, -0.25) is 0 Å². The first-order valence-corrected chi connectivity index (χ1v) is 4.70. The van der Waals surface area contributed by atoms with Gasteiger partial charge in [0.25, 0.3) is 0 Å². The summed E-state index contributed by atoms with van der Waals surface area (Å²) in [6.07, 6.45) is 1.77. The molecule has 1 aromatic heterocycles. The molecule has 0 aromatic carbocycles. The van der Waals surface area contributed by atoms with Crippen molar-refractivity contribution in [1.29, 1.82) is 0 Å². The monoisotopic (exact) mass is 194 g/mol. The summed E-state index contributed by atoms with van der Waals surface area (Å²) >= 11 is 0. The van der Waals surface area contributed by atoms with Crippen molar-refractivity contribution >= 4 is 0 Å². The molecule has 0 aliphatic carbocycles. The van der Waals surface area contributed by atoms with Gasteiger partial charge in [-0.25, -0.2) is 4.98 Å². The summed E-state index contributed by atoms with van der Waals surface area (Å²) in [5, 5.41) is 0. The maximum absolute atomic E-state index is 6.08. The van der Waals surface area contributed by atoms with Crippen molar-refractivity contribution in [3.8, 4) is 5.88 Å². The molecular formula is C11H18N2O. The summed E-state index contributed by atoms with van der Waals surface area (Å²) in [7, 11) is 1.60. The Hall–Kier alpha value is -1.09. The zero-order valence-corrected chi connectivity index (χ0v) is 9.24. The van der Waals surface area contributed by atoms with Crippen LogP contribution in [0.2, 0.25) is 0 Å². The highest BCUT2D eigenvalue weighted by molar-refractivity contribution is 5.21. The molecule has 1 heterocycles. The predicted octanol–water partition coefficient (Wildman–Crippen LogP) is 2.14. The van der Waals surface area contributed by atoms with Crippen molar-refractivity contribution in [1.82, 2.24) is 4.98 Å². The van der Waals surface area contributed by atoms with Crippen molar-refractivity contribution in [2.75, 3.05) is 7.11 Å². The molecule has 0 amide bonds. The largest absolute Gasteiger partial charge is 0.481 e. The van der Waals surface area contributed by atoms with Crippen LogP contribution < -0.4 is 10.5 Å². The standard InChI is InChI=1S/C11H18N2O/c1-11(2,3)10(12)8-5-6-9(14-4)13-7-8/h5-7,10H,12H2,1-4H3/t10-/m1/s1. The zero-order valence-electron chi connectivity index (χ0n) is 9.24. The lowest BCUT2D eigenvalue weighted by atomic mass is 9.84. The van der Waals surface area contributed by atoms with E-state index in [1.807, 2.05) is 12.1 Å². The minimum atomic E-state index is 0.000839. The third-order valence-electron chi connectivity index (χ3n) is 2.26. The van der Waals surface area contributed by atoms with E-state index in [1.54, 1.807) is 13.3 Å². The Bertz CT molecular complexity index is 287. The molecule has 1 atom stereocenters. The SMILES string of the molecule is COc1ccc([C@@H](N)C(C)(C)C)cn1. The molecule has 78 valence electrons. The van der Waals surface area contributed by atoms with Gasteiger partial charge in [-0.05, 0) is 11.0 Å². The Morgan fingerprint density at radius 1 is 1.36 bits per heavy atom. The number of nitrogens with zero attached hydrogens (tertiary/aromatic N) is 1. The van der Waals surface area contributed by atoms with Crippen LogP contribution in [0.25, 0.3) is 0 Å². The predicted molar refractivity (Wildman–Crippen MR) is 57.2 cm³/mol. The third kappa shape index (κ3) is 2.45. The molecule has 0 aliphatic rings. The van der Waals surface area contributed by atoms with E-state index < -0.39 is 0 Å². The number of nitrogens with two attached hydrogens (primary N) is 1. The second kappa shape index (κ2) is 3.96. The van der Waals surface area contributed by atoms with Crippen molar-refractivity contribution in [2.24, 2.45) is 11.1 Å². The summed E-state index contributed by atoms with van der Waals surface area (Å²) in [6.45, 7) is 6.34. The smallest absolute Gasteiger partial charge is 0.212 e. The molecule has 0 saturated carbocycles. The first-order valence-electron chi connectivity index (χ1n) is 4.70. The Morgan fingerprint density at radius 2 is 2.00 bits per heavy atom. The van der Waals surface area contributed by atoms with Gasteiger partial charge in [-0.1, -0.05) is 26.8 Å². The lowest BCUT2D eigenvalue weighted by molar-refractivity contribution is 0.325. The summed E-state index contributed by atoms with van der Waals surface area (Å²) < 4.78 is 4.98. The van der Waals surface area contributed by atoms with Gasteiger partial charge in [0.2, 0.25) is 5.88 Å². The van der Waals surface area contributed by atoms with E-state index in [0.717, 1.165) is 5.56 Å². The highest BCUT2D eigenvalue weighted by Crippen LogP contribution is 2.30. The Balaban J connectivity index is 2.87. The van der Waals surface area contributed by atoms with Gasteiger partial charge in [-0.2, -0.15) is 0 Å². The Labute approximate surface area is 85.3 Å². The molecule has 14 heavy (non-hydrogen) atoms. The average Bonchev–Trinajstić information content (AvgIpc) is 2.15. The molecule has 1 aromatic rings. The molecule has 3 nitrogen and oxygen atoms in total. The topological polar surface area (TPSA) is 48.1 Å². The van der Waals surface area contributed by atoms with Crippen LogP contribution in [0.15, 0.2) is 18.3 Å². The molecular weight excluding hydrogens is 176 g/mol. The van der Waals surface area contributed by atoms with Crippen molar-refractivity contribution in [2.45, 2.75) is 26.8 Å². The fraction of sp³-hybridized carbons (Fsp3) is 0.545. The number of rotatable bonds is 2. The lowest BCUT2D eigenvalue weighted by Crippen LogP contribution is -2.26. The molecule has 2 N–H and O–H groups in total. The molecule has 0 spiro atoms. The van der Waals surface area contributed by atoms with Crippen molar-refractivity contribution in [3.05, 3.63) is 23.9 Å². The van der Waals surface area contributed by atoms with Crippen LogP contribution in [0.1, 0.15) is 32.4 Å². The molecule has 0 radical (unpaired) electrons. The normalized spacial score (nSPS) is 13.8. The maximum atomic E-state index is 6.08. The van der Waals surface area contributed by atoms with Gasteiger partial charge >= 0.3 is 0 Å².